The van der Waals surface area contributed by atoms with Crippen LogP contribution in [-0.2, 0) is 5.75 Å². The number of rotatable bonds is 4. The summed E-state index contributed by atoms with van der Waals surface area (Å²) >= 11 is 6.48. The number of carboxylic acid groups (broad SMARTS) is 1. The highest BCUT2D eigenvalue weighted by Crippen LogP contribution is 2.29. The first-order valence-electron chi connectivity index (χ1n) is 4.72. The Hall–Kier alpha value is -0.850. The Morgan fingerprint density at radius 1 is 1.47 bits per heavy atom. The second-order valence-electron chi connectivity index (χ2n) is 3.16. The molecule has 0 fully saturated rings. The highest BCUT2D eigenvalue weighted by atomic mass is 79.9. The van der Waals surface area contributed by atoms with Gasteiger partial charge in [0, 0.05) is 16.8 Å². The van der Waals surface area contributed by atoms with Crippen molar-refractivity contribution >= 4 is 45.0 Å². The molecule has 6 heteroatoms. The lowest BCUT2D eigenvalue weighted by molar-refractivity contribution is 0.0692. The molecular weight excluding hydrogens is 322 g/mol. The molecule has 0 unspecified atom stereocenters. The van der Waals surface area contributed by atoms with Gasteiger partial charge in [0.2, 0.25) is 0 Å². The van der Waals surface area contributed by atoms with Gasteiger partial charge in [-0.05, 0) is 40.2 Å². The maximum Gasteiger partial charge on any atom is 0.338 e. The van der Waals surface area contributed by atoms with Gasteiger partial charge in [-0.2, -0.15) is 0 Å². The van der Waals surface area contributed by atoms with Crippen molar-refractivity contribution in [2.45, 2.75) is 10.8 Å². The first-order chi connectivity index (χ1) is 8.16. The van der Waals surface area contributed by atoms with Crippen LogP contribution in [0.4, 0.5) is 0 Å². The number of nitrogens with zero attached hydrogens (tertiary/aromatic N) is 1. The smallest absolute Gasteiger partial charge is 0.338 e. The Bertz CT molecular complexity index is 542. The van der Waals surface area contributed by atoms with E-state index in [4.69, 9.17) is 5.11 Å². The van der Waals surface area contributed by atoms with E-state index in [2.05, 4.69) is 20.9 Å². The minimum Gasteiger partial charge on any atom is -0.478 e. The normalized spacial score (nSPS) is 10.4. The predicted molar refractivity (Wildman–Crippen MR) is 72.8 cm³/mol. The van der Waals surface area contributed by atoms with E-state index < -0.39 is 5.97 Å². The van der Waals surface area contributed by atoms with E-state index in [1.54, 1.807) is 29.7 Å². The highest BCUT2D eigenvalue weighted by Gasteiger charge is 2.11. The van der Waals surface area contributed by atoms with E-state index in [1.807, 2.05) is 12.1 Å². The van der Waals surface area contributed by atoms with Crippen LogP contribution in [0, 0.1) is 0 Å². The van der Waals surface area contributed by atoms with Crippen LogP contribution in [0.5, 0.6) is 0 Å². The third-order valence-electron chi connectivity index (χ3n) is 1.98. The molecule has 2 rings (SSSR count). The lowest BCUT2D eigenvalue weighted by atomic mass is 10.3. The number of carboxylic acids is 1. The molecule has 0 radical (unpaired) electrons. The van der Waals surface area contributed by atoms with Crippen LogP contribution in [0.2, 0.25) is 0 Å². The van der Waals surface area contributed by atoms with Crippen LogP contribution >= 0.6 is 39.0 Å². The quantitative estimate of drug-likeness (QED) is 0.864. The summed E-state index contributed by atoms with van der Waals surface area (Å²) in [5.74, 6) is -0.207. The van der Waals surface area contributed by atoms with Gasteiger partial charge in [0.25, 0.3) is 0 Å². The molecular formula is C11H8BrNO2S2. The number of aromatic nitrogens is 1. The summed E-state index contributed by atoms with van der Waals surface area (Å²) in [6.45, 7) is 0. The number of hydrogen-bond donors (Lipinski definition) is 1. The van der Waals surface area contributed by atoms with Gasteiger partial charge >= 0.3 is 5.97 Å². The van der Waals surface area contributed by atoms with E-state index in [1.165, 1.54) is 16.6 Å². The van der Waals surface area contributed by atoms with E-state index in [9.17, 15) is 4.79 Å². The summed E-state index contributed by atoms with van der Waals surface area (Å²) in [5.41, 5.74) is 0.258. The van der Waals surface area contributed by atoms with Crippen molar-refractivity contribution in [3.8, 4) is 0 Å². The number of hydrogen-bond acceptors (Lipinski definition) is 4. The molecule has 0 bridgehead atoms. The number of aromatic carboxylic acids is 1. The monoisotopic (exact) mass is 329 g/mol. The lowest BCUT2D eigenvalue weighted by Crippen LogP contribution is -2.00. The van der Waals surface area contributed by atoms with Crippen LogP contribution in [0.1, 0.15) is 15.2 Å². The largest absolute Gasteiger partial charge is 0.478 e. The summed E-state index contributed by atoms with van der Waals surface area (Å²) in [6, 6.07) is 7.21. The second kappa shape index (κ2) is 5.66. The molecule has 2 heterocycles. The fraction of sp³-hybridized carbons (Fsp3) is 0.0909. The summed E-state index contributed by atoms with van der Waals surface area (Å²) < 4.78 is 1.08. The molecule has 3 nitrogen and oxygen atoms in total. The van der Waals surface area contributed by atoms with Crippen LogP contribution in [0.25, 0.3) is 0 Å². The molecule has 0 aliphatic heterocycles. The first-order valence-corrected chi connectivity index (χ1v) is 7.31. The molecule has 0 saturated heterocycles. The fourth-order valence-electron chi connectivity index (χ4n) is 1.24. The van der Waals surface area contributed by atoms with Gasteiger partial charge in [0.15, 0.2) is 0 Å². The molecule has 0 spiro atoms. The molecule has 0 saturated carbocycles. The van der Waals surface area contributed by atoms with Crippen molar-refractivity contribution in [3.05, 3.63) is 44.7 Å². The van der Waals surface area contributed by atoms with Crippen LogP contribution in [0.3, 0.4) is 0 Å². The standard InChI is InChI=1S/C11H8BrNO2S2/c12-9-4-3-7(17-9)6-16-10-8(11(14)15)2-1-5-13-10/h1-5H,6H2,(H,14,15). The van der Waals surface area contributed by atoms with Gasteiger partial charge in [-0.25, -0.2) is 9.78 Å². The Morgan fingerprint density at radius 3 is 2.94 bits per heavy atom. The predicted octanol–water partition coefficient (Wildman–Crippen LogP) is 3.90. The van der Waals surface area contributed by atoms with Crippen LogP contribution < -0.4 is 0 Å². The van der Waals surface area contributed by atoms with Gasteiger partial charge in [-0.15, -0.1) is 11.3 Å². The SMILES string of the molecule is O=C(O)c1cccnc1SCc1ccc(Br)s1. The minimum atomic E-state index is -0.937. The van der Waals surface area contributed by atoms with E-state index in [0.717, 1.165) is 9.54 Å². The van der Waals surface area contributed by atoms with Crippen molar-refractivity contribution in [2.24, 2.45) is 0 Å². The third-order valence-corrected chi connectivity index (χ3v) is 4.84. The average Bonchev–Trinajstić information content (AvgIpc) is 2.73. The molecule has 0 aliphatic rings. The third kappa shape index (κ3) is 3.31. The van der Waals surface area contributed by atoms with Crippen molar-refractivity contribution < 1.29 is 9.90 Å². The zero-order valence-electron chi connectivity index (χ0n) is 8.59. The summed E-state index contributed by atoms with van der Waals surface area (Å²) in [4.78, 5) is 16.3. The van der Waals surface area contributed by atoms with Crippen molar-refractivity contribution in [1.82, 2.24) is 4.98 Å². The maximum atomic E-state index is 11.0. The Morgan fingerprint density at radius 2 is 2.29 bits per heavy atom. The van der Waals surface area contributed by atoms with Gasteiger partial charge in [0.05, 0.1) is 9.35 Å². The summed E-state index contributed by atoms with van der Waals surface area (Å²) in [7, 11) is 0. The maximum absolute atomic E-state index is 11.0. The zero-order valence-corrected chi connectivity index (χ0v) is 11.8. The molecule has 2 aromatic heterocycles. The molecule has 0 aliphatic carbocycles. The van der Waals surface area contributed by atoms with Gasteiger partial charge in [-0.1, -0.05) is 11.8 Å². The average molecular weight is 330 g/mol. The fourth-order valence-corrected chi connectivity index (χ4v) is 3.75. The van der Waals surface area contributed by atoms with Crippen LogP contribution in [0.15, 0.2) is 39.3 Å². The number of halogens is 1. The van der Waals surface area contributed by atoms with Crippen LogP contribution in [-0.4, -0.2) is 16.1 Å². The topological polar surface area (TPSA) is 50.2 Å². The molecule has 1 N–H and O–H groups in total. The Kier molecular flexibility index (Phi) is 4.20. The Balaban J connectivity index is 2.11. The van der Waals surface area contributed by atoms with Gasteiger partial charge < -0.3 is 5.11 Å². The molecule has 0 atom stereocenters. The number of pyridine rings is 1. The number of thiophene rings is 1. The molecule has 0 aromatic carbocycles. The number of carbonyl (C=O) groups is 1. The van der Waals surface area contributed by atoms with Gasteiger partial charge in [-0.3, -0.25) is 0 Å². The van der Waals surface area contributed by atoms with Crippen molar-refractivity contribution in [2.75, 3.05) is 0 Å². The summed E-state index contributed by atoms with van der Waals surface area (Å²) in [6.07, 6.45) is 1.61. The molecule has 88 valence electrons. The van der Waals surface area contributed by atoms with Crippen molar-refractivity contribution in [1.29, 1.82) is 0 Å². The van der Waals surface area contributed by atoms with E-state index in [-0.39, 0.29) is 5.56 Å². The minimum absolute atomic E-state index is 0.258. The number of thioether (sulfide) groups is 1. The van der Waals surface area contributed by atoms with E-state index >= 15 is 0 Å². The molecule has 17 heavy (non-hydrogen) atoms. The second-order valence-corrected chi connectivity index (χ2v) is 6.67. The van der Waals surface area contributed by atoms with Crippen molar-refractivity contribution in [3.63, 3.8) is 0 Å². The highest BCUT2D eigenvalue weighted by molar-refractivity contribution is 9.11. The van der Waals surface area contributed by atoms with Gasteiger partial charge in [0.1, 0.15) is 5.03 Å². The van der Waals surface area contributed by atoms with E-state index in [0.29, 0.717) is 5.03 Å². The Labute approximate surface area is 115 Å². The summed E-state index contributed by atoms with van der Waals surface area (Å²) in [5, 5.41) is 9.57. The first kappa shape index (κ1) is 12.6. The zero-order chi connectivity index (χ0) is 12.3. The molecule has 2 aromatic rings. The lowest BCUT2D eigenvalue weighted by Gasteiger charge is -2.02. The molecule has 0 amide bonds.